The number of furan rings is 2. The summed E-state index contributed by atoms with van der Waals surface area (Å²) in [5.74, 6) is 2.06. The van der Waals surface area contributed by atoms with Crippen LogP contribution in [0, 0.1) is 5.92 Å². The molecule has 0 bridgehead atoms. The zero-order chi connectivity index (χ0) is 16.1. The highest BCUT2D eigenvalue weighted by atomic mass is 16.3. The lowest BCUT2D eigenvalue weighted by molar-refractivity contribution is 0.168. The van der Waals surface area contributed by atoms with E-state index in [0.29, 0.717) is 19.0 Å². The molecule has 1 saturated carbocycles. The predicted octanol–water partition coefficient (Wildman–Crippen LogP) is 4.16. The van der Waals surface area contributed by atoms with Crippen molar-refractivity contribution in [2.45, 2.75) is 51.7 Å². The van der Waals surface area contributed by atoms with Gasteiger partial charge in [0.25, 0.3) is 0 Å². The second kappa shape index (κ2) is 7.40. The second-order valence-electron chi connectivity index (χ2n) is 6.33. The van der Waals surface area contributed by atoms with Crippen LogP contribution in [0.25, 0.3) is 0 Å². The molecule has 1 fully saturated rings. The topological polar surface area (TPSA) is 58.6 Å². The zero-order valence-electron chi connectivity index (χ0n) is 13.5. The van der Waals surface area contributed by atoms with Crippen LogP contribution in [-0.4, -0.2) is 17.0 Å². The first-order valence-electron chi connectivity index (χ1n) is 8.32. The third-order valence-corrected chi connectivity index (χ3v) is 4.56. The maximum Gasteiger partial charge on any atom is 0.318 e. The van der Waals surface area contributed by atoms with Crippen LogP contribution in [0.2, 0.25) is 0 Å². The molecule has 1 aliphatic rings. The van der Waals surface area contributed by atoms with Crippen molar-refractivity contribution in [3.63, 3.8) is 0 Å². The molecule has 2 unspecified atom stereocenters. The summed E-state index contributed by atoms with van der Waals surface area (Å²) < 4.78 is 10.8. The number of rotatable bonds is 5. The van der Waals surface area contributed by atoms with Crippen LogP contribution in [0.4, 0.5) is 4.79 Å². The molecule has 124 valence electrons. The molecule has 2 heterocycles. The van der Waals surface area contributed by atoms with E-state index in [0.717, 1.165) is 17.9 Å². The number of amides is 2. The molecule has 5 heteroatoms. The molecule has 2 aromatic rings. The van der Waals surface area contributed by atoms with Crippen molar-refractivity contribution in [3.8, 4) is 0 Å². The van der Waals surface area contributed by atoms with E-state index in [-0.39, 0.29) is 12.1 Å². The van der Waals surface area contributed by atoms with Crippen molar-refractivity contribution >= 4 is 6.03 Å². The van der Waals surface area contributed by atoms with Crippen molar-refractivity contribution in [2.75, 3.05) is 0 Å². The molecule has 2 amide bonds. The number of hydrogen-bond donors (Lipinski definition) is 1. The molecule has 2 atom stereocenters. The SMILES string of the molecule is CC1CCCCC1NC(=O)N(Cc1ccco1)Cc1ccco1. The molecule has 0 aromatic carbocycles. The van der Waals surface area contributed by atoms with Crippen molar-refractivity contribution < 1.29 is 13.6 Å². The van der Waals surface area contributed by atoms with Crippen LogP contribution < -0.4 is 5.32 Å². The Labute approximate surface area is 136 Å². The summed E-state index contributed by atoms with van der Waals surface area (Å²) in [5, 5.41) is 3.20. The van der Waals surface area contributed by atoms with Crippen molar-refractivity contribution in [3.05, 3.63) is 48.3 Å². The molecule has 3 rings (SSSR count). The maximum atomic E-state index is 12.7. The molecule has 0 radical (unpaired) electrons. The van der Waals surface area contributed by atoms with Crippen LogP contribution in [-0.2, 0) is 13.1 Å². The van der Waals surface area contributed by atoms with E-state index in [9.17, 15) is 4.79 Å². The number of carbonyl (C=O) groups is 1. The Morgan fingerprint density at radius 3 is 2.26 bits per heavy atom. The van der Waals surface area contributed by atoms with E-state index in [1.54, 1.807) is 17.4 Å². The Kier molecular flexibility index (Phi) is 5.05. The van der Waals surface area contributed by atoms with Crippen LogP contribution in [0.5, 0.6) is 0 Å². The number of hydrogen-bond acceptors (Lipinski definition) is 3. The summed E-state index contributed by atoms with van der Waals surface area (Å²) >= 11 is 0. The predicted molar refractivity (Wildman–Crippen MR) is 86.6 cm³/mol. The number of nitrogens with zero attached hydrogens (tertiary/aromatic N) is 1. The van der Waals surface area contributed by atoms with Gasteiger partial charge in [-0.25, -0.2) is 4.79 Å². The first-order valence-corrected chi connectivity index (χ1v) is 8.32. The van der Waals surface area contributed by atoms with Crippen molar-refractivity contribution in [2.24, 2.45) is 5.92 Å². The molecule has 0 spiro atoms. The molecule has 1 aliphatic carbocycles. The van der Waals surface area contributed by atoms with E-state index in [1.807, 2.05) is 24.3 Å². The fourth-order valence-electron chi connectivity index (χ4n) is 3.16. The summed E-state index contributed by atoms with van der Waals surface area (Å²) in [7, 11) is 0. The average molecular weight is 316 g/mol. The lowest BCUT2D eigenvalue weighted by Crippen LogP contribution is -2.47. The fourth-order valence-corrected chi connectivity index (χ4v) is 3.16. The van der Waals surface area contributed by atoms with E-state index >= 15 is 0 Å². The standard InChI is InChI=1S/C18H24N2O3/c1-14-6-2-3-9-17(14)19-18(21)20(12-15-7-4-10-22-15)13-16-8-5-11-23-16/h4-5,7-8,10-11,14,17H,2-3,6,9,12-13H2,1H3,(H,19,21). The molecule has 23 heavy (non-hydrogen) atoms. The highest BCUT2D eigenvalue weighted by Crippen LogP contribution is 2.24. The molecule has 5 nitrogen and oxygen atoms in total. The van der Waals surface area contributed by atoms with Gasteiger partial charge < -0.3 is 19.1 Å². The molecule has 0 aliphatic heterocycles. The Balaban J connectivity index is 1.67. The third-order valence-electron chi connectivity index (χ3n) is 4.56. The van der Waals surface area contributed by atoms with Gasteiger partial charge in [-0.3, -0.25) is 0 Å². The maximum absolute atomic E-state index is 12.7. The van der Waals surface area contributed by atoms with E-state index in [4.69, 9.17) is 8.83 Å². The zero-order valence-corrected chi connectivity index (χ0v) is 13.5. The molecular formula is C18H24N2O3. The summed E-state index contributed by atoms with van der Waals surface area (Å²) in [6, 6.07) is 7.63. The summed E-state index contributed by atoms with van der Waals surface area (Å²) in [4.78, 5) is 14.5. The van der Waals surface area contributed by atoms with E-state index < -0.39 is 0 Å². The summed E-state index contributed by atoms with van der Waals surface area (Å²) in [5.41, 5.74) is 0. The number of carbonyl (C=O) groups excluding carboxylic acids is 1. The Morgan fingerprint density at radius 2 is 1.74 bits per heavy atom. The van der Waals surface area contributed by atoms with E-state index in [2.05, 4.69) is 12.2 Å². The lowest BCUT2D eigenvalue weighted by Gasteiger charge is -2.32. The van der Waals surface area contributed by atoms with Gasteiger partial charge in [-0.1, -0.05) is 19.8 Å². The van der Waals surface area contributed by atoms with Gasteiger partial charge >= 0.3 is 6.03 Å². The van der Waals surface area contributed by atoms with Gasteiger partial charge in [0.2, 0.25) is 0 Å². The minimum Gasteiger partial charge on any atom is -0.467 e. The minimum absolute atomic E-state index is 0.0587. The normalized spacial score (nSPS) is 21.1. The average Bonchev–Trinajstić information content (AvgIpc) is 3.22. The van der Waals surface area contributed by atoms with Gasteiger partial charge in [-0.15, -0.1) is 0 Å². The minimum atomic E-state index is -0.0587. The van der Waals surface area contributed by atoms with Crippen LogP contribution in [0.3, 0.4) is 0 Å². The molecule has 1 N–H and O–H groups in total. The van der Waals surface area contributed by atoms with Crippen LogP contribution >= 0.6 is 0 Å². The highest BCUT2D eigenvalue weighted by Gasteiger charge is 2.25. The Bertz CT molecular complexity index is 556. The van der Waals surface area contributed by atoms with Gasteiger partial charge in [-0.05, 0) is 43.0 Å². The number of urea groups is 1. The van der Waals surface area contributed by atoms with Gasteiger partial charge in [0.15, 0.2) is 0 Å². The lowest BCUT2D eigenvalue weighted by atomic mass is 9.86. The first-order chi connectivity index (χ1) is 11.2. The van der Waals surface area contributed by atoms with Crippen LogP contribution in [0.1, 0.15) is 44.1 Å². The summed E-state index contributed by atoms with van der Waals surface area (Å²) in [6.45, 7) is 3.08. The smallest absolute Gasteiger partial charge is 0.318 e. The second-order valence-corrected chi connectivity index (χ2v) is 6.33. The van der Waals surface area contributed by atoms with Crippen molar-refractivity contribution in [1.29, 1.82) is 0 Å². The molecular weight excluding hydrogens is 292 g/mol. The Hall–Kier alpha value is -2.17. The largest absolute Gasteiger partial charge is 0.467 e. The number of nitrogens with one attached hydrogen (secondary N) is 1. The first kappa shape index (κ1) is 15.7. The Morgan fingerprint density at radius 1 is 1.13 bits per heavy atom. The van der Waals surface area contributed by atoms with Gasteiger partial charge in [0.05, 0.1) is 25.6 Å². The monoisotopic (exact) mass is 316 g/mol. The van der Waals surface area contributed by atoms with Gasteiger partial charge in [-0.2, -0.15) is 0 Å². The third kappa shape index (κ3) is 4.18. The quantitative estimate of drug-likeness (QED) is 0.901. The van der Waals surface area contributed by atoms with Crippen LogP contribution in [0.15, 0.2) is 45.6 Å². The fraction of sp³-hybridized carbons (Fsp3) is 0.500. The van der Waals surface area contributed by atoms with Gasteiger partial charge in [0, 0.05) is 6.04 Å². The van der Waals surface area contributed by atoms with E-state index in [1.165, 1.54) is 19.3 Å². The molecule has 0 saturated heterocycles. The molecule has 2 aromatic heterocycles. The van der Waals surface area contributed by atoms with Crippen molar-refractivity contribution in [1.82, 2.24) is 10.2 Å². The van der Waals surface area contributed by atoms with Gasteiger partial charge in [0.1, 0.15) is 11.5 Å². The highest BCUT2D eigenvalue weighted by molar-refractivity contribution is 5.74. The summed E-state index contributed by atoms with van der Waals surface area (Å²) in [6.07, 6.45) is 7.94.